The predicted octanol–water partition coefficient (Wildman–Crippen LogP) is 1.80. The van der Waals surface area contributed by atoms with Gasteiger partial charge in [0.1, 0.15) is 0 Å². The summed E-state index contributed by atoms with van der Waals surface area (Å²) in [6.45, 7) is 0. The van der Waals surface area contributed by atoms with Gasteiger partial charge >= 0.3 is 12.1 Å². The van der Waals surface area contributed by atoms with Gasteiger partial charge < -0.3 is 5.11 Å². The van der Waals surface area contributed by atoms with Crippen molar-refractivity contribution in [3.63, 3.8) is 0 Å². The maximum Gasteiger partial charge on any atom is 0.395 e. The predicted molar refractivity (Wildman–Crippen MR) is 30.0 cm³/mol. The summed E-state index contributed by atoms with van der Waals surface area (Å²) in [6, 6.07) is 0. The highest BCUT2D eigenvalue weighted by Crippen LogP contribution is 2.59. The van der Waals surface area contributed by atoms with Crippen molar-refractivity contribution in [3.05, 3.63) is 0 Å². The van der Waals surface area contributed by atoms with E-state index in [4.69, 9.17) is 5.11 Å². The molecule has 11 heavy (non-hydrogen) atoms. The number of halogens is 3. The number of hydrogen-bond acceptors (Lipinski definition) is 1. The Labute approximate surface area is 61.0 Å². The first kappa shape index (κ1) is 8.36. The molecule has 0 unspecified atom stereocenters. The summed E-state index contributed by atoms with van der Waals surface area (Å²) in [5.41, 5.74) is -1.89. The minimum absolute atomic E-state index is 0.0389. The molecule has 0 radical (unpaired) electrons. The zero-order valence-corrected chi connectivity index (χ0v) is 5.61. The highest BCUT2D eigenvalue weighted by atomic mass is 19.4. The van der Waals surface area contributed by atoms with Gasteiger partial charge in [0.25, 0.3) is 0 Å². The molecule has 64 valence electrons. The average Bonchev–Trinajstić information content (AvgIpc) is 2.42. The summed E-state index contributed by atoms with van der Waals surface area (Å²) in [7, 11) is 0. The van der Waals surface area contributed by atoms with E-state index >= 15 is 0 Å². The van der Waals surface area contributed by atoms with Gasteiger partial charge in [-0.3, -0.25) is 4.79 Å². The Morgan fingerprint density at radius 2 is 1.91 bits per heavy atom. The second kappa shape index (κ2) is 2.12. The third kappa shape index (κ3) is 1.46. The van der Waals surface area contributed by atoms with Crippen LogP contribution in [-0.4, -0.2) is 17.3 Å². The van der Waals surface area contributed by atoms with Gasteiger partial charge in [-0.05, 0) is 12.8 Å². The topological polar surface area (TPSA) is 37.3 Å². The second-order valence-corrected chi connectivity index (χ2v) is 2.85. The maximum atomic E-state index is 12.0. The van der Waals surface area contributed by atoms with Crippen LogP contribution in [-0.2, 0) is 4.79 Å². The average molecular weight is 168 g/mol. The number of carboxylic acid groups (broad SMARTS) is 1. The second-order valence-electron chi connectivity index (χ2n) is 2.85. The molecule has 2 nitrogen and oxygen atoms in total. The number of aliphatic carboxylic acids is 1. The van der Waals surface area contributed by atoms with E-state index in [2.05, 4.69) is 0 Å². The van der Waals surface area contributed by atoms with Crippen molar-refractivity contribution in [2.45, 2.75) is 25.4 Å². The smallest absolute Gasteiger partial charge is 0.395 e. The molecule has 1 aliphatic carbocycles. The summed E-state index contributed by atoms with van der Waals surface area (Å²) in [4.78, 5) is 10.0. The number of rotatable bonds is 2. The molecular formula is C6H7F3O2. The molecule has 5 heteroatoms. The van der Waals surface area contributed by atoms with Gasteiger partial charge in [-0.25, -0.2) is 0 Å². The van der Waals surface area contributed by atoms with Crippen molar-refractivity contribution in [1.82, 2.24) is 0 Å². The molecule has 1 fully saturated rings. The third-order valence-corrected chi connectivity index (χ3v) is 1.94. The molecule has 0 aromatic rings. The standard InChI is InChI=1S/C6H7F3O2/c7-6(8,9)5(1-2-5)3-4(10)11/h1-3H2,(H,10,11). The van der Waals surface area contributed by atoms with Crippen LogP contribution >= 0.6 is 0 Å². The Morgan fingerprint density at radius 3 is 2.00 bits per heavy atom. The fraction of sp³-hybridized carbons (Fsp3) is 0.833. The van der Waals surface area contributed by atoms with Gasteiger partial charge in [0.05, 0.1) is 11.8 Å². The van der Waals surface area contributed by atoms with Crippen molar-refractivity contribution in [3.8, 4) is 0 Å². The van der Waals surface area contributed by atoms with Crippen molar-refractivity contribution < 1.29 is 23.1 Å². The van der Waals surface area contributed by atoms with E-state index in [0.717, 1.165) is 0 Å². The highest BCUT2D eigenvalue weighted by molar-refractivity contribution is 5.68. The van der Waals surface area contributed by atoms with Crippen LogP contribution in [0.15, 0.2) is 0 Å². The summed E-state index contributed by atoms with van der Waals surface area (Å²) in [5, 5.41) is 8.15. The Bertz CT molecular complexity index is 181. The van der Waals surface area contributed by atoms with Gasteiger partial charge in [0.2, 0.25) is 0 Å². The Balaban J connectivity index is 2.61. The quantitative estimate of drug-likeness (QED) is 0.682. The highest BCUT2D eigenvalue weighted by Gasteiger charge is 2.63. The van der Waals surface area contributed by atoms with E-state index in [1.807, 2.05) is 0 Å². The molecule has 0 atom stereocenters. The molecule has 0 heterocycles. The summed E-state index contributed by atoms with van der Waals surface area (Å²) in [5.74, 6) is -1.38. The monoisotopic (exact) mass is 168 g/mol. The lowest BCUT2D eigenvalue weighted by molar-refractivity contribution is -0.193. The van der Waals surface area contributed by atoms with Gasteiger partial charge in [-0.1, -0.05) is 0 Å². The molecule has 1 rings (SSSR count). The van der Waals surface area contributed by atoms with Crippen molar-refractivity contribution in [1.29, 1.82) is 0 Å². The Kier molecular flexibility index (Phi) is 1.61. The molecule has 0 aliphatic heterocycles. The minimum Gasteiger partial charge on any atom is -0.481 e. The van der Waals surface area contributed by atoms with Crippen LogP contribution in [0.25, 0.3) is 0 Å². The van der Waals surface area contributed by atoms with Gasteiger partial charge in [0, 0.05) is 0 Å². The lowest BCUT2D eigenvalue weighted by atomic mass is 10.0. The summed E-state index contributed by atoms with van der Waals surface area (Å²) in [6.07, 6.45) is -5.20. The zero-order valence-electron chi connectivity index (χ0n) is 5.61. The largest absolute Gasteiger partial charge is 0.481 e. The summed E-state index contributed by atoms with van der Waals surface area (Å²) >= 11 is 0. The van der Waals surface area contributed by atoms with E-state index in [1.165, 1.54) is 0 Å². The molecule has 0 bridgehead atoms. The van der Waals surface area contributed by atoms with Crippen LogP contribution in [0.4, 0.5) is 13.2 Å². The van der Waals surface area contributed by atoms with Crippen LogP contribution in [0.1, 0.15) is 19.3 Å². The molecule has 0 saturated heterocycles. The number of hydrogen-bond donors (Lipinski definition) is 1. The van der Waals surface area contributed by atoms with Crippen LogP contribution < -0.4 is 0 Å². The molecule has 1 N–H and O–H groups in total. The van der Waals surface area contributed by atoms with E-state index in [-0.39, 0.29) is 12.8 Å². The molecule has 0 spiro atoms. The van der Waals surface area contributed by atoms with Crippen molar-refractivity contribution in [2.75, 3.05) is 0 Å². The van der Waals surface area contributed by atoms with E-state index < -0.39 is 24.0 Å². The first-order chi connectivity index (χ1) is 4.87. The number of alkyl halides is 3. The third-order valence-electron chi connectivity index (χ3n) is 1.94. The molecular weight excluding hydrogens is 161 g/mol. The fourth-order valence-electron chi connectivity index (χ4n) is 1.00. The van der Waals surface area contributed by atoms with Crippen molar-refractivity contribution >= 4 is 5.97 Å². The fourth-order valence-corrected chi connectivity index (χ4v) is 1.00. The van der Waals surface area contributed by atoms with Crippen LogP contribution in [0.5, 0.6) is 0 Å². The lowest BCUT2D eigenvalue weighted by Gasteiger charge is -2.15. The van der Waals surface area contributed by atoms with Gasteiger partial charge in [-0.15, -0.1) is 0 Å². The Morgan fingerprint density at radius 1 is 1.45 bits per heavy atom. The number of carbonyl (C=O) groups is 1. The van der Waals surface area contributed by atoms with E-state index in [0.29, 0.717) is 0 Å². The Hall–Kier alpha value is -0.740. The first-order valence-corrected chi connectivity index (χ1v) is 3.16. The normalized spacial score (nSPS) is 21.4. The molecule has 0 aromatic carbocycles. The zero-order chi connectivity index (χ0) is 8.70. The molecule has 1 aliphatic rings. The maximum absolute atomic E-state index is 12.0. The SMILES string of the molecule is O=C(O)CC1(C(F)(F)F)CC1. The van der Waals surface area contributed by atoms with Gasteiger partial charge in [-0.2, -0.15) is 13.2 Å². The van der Waals surface area contributed by atoms with Crippen LogP contribution in [0.2, 0.25) is 0 Å². The van der Waals surface area contributed by atoms with Gasteiger partial charge in [0.15, 0.2) is 0 Å². The summed E-state index contributed by atoms with van der Waals surface area (Å²) < 4.78 is 36.0. The molecule has 1 saturated carbocycles. The van der Waals surface area contributed by atoms with Crippen LogP contribution in [0, 0.1) is 5.41 Å². The molecule has 0 aromatic heterocycles. The lowest BCUT2D eigenvalue weighted by Crippen LogP contribution is -2.27. The van der Waals surface area contributed by atoms with E-state index in [9.17, 15) is 18.0 Å². The first-order valence-electron chi connectivity index (χ1n) is 3.16. The van der Waals surface area contributed by atoms with E-state index in [1.54, 1.807) is 0 Å². The van der Waals surface area contributed by atoms with Crippen LogP contribution in [0.3, 0.4) is 0 Å². The number of carboxylic acids is 1. The minimum atomic E-state index is -4.34. The van der Waals surface area contributed by atoms with Crippen molar-refractivity contribution in [2.24, 2.45) is 5.41 Å². The molecule has 0 amide bonds.